The minimum atomic E-state index is -2.99. The number of hydrogen-bond acceptors (Lipinski definition) is 1. The van der Waals surface area contributed by atoms with Gasteiger partial charge in [-0.3, -0.25) is 9.65 Å². The van der Waals surface area contributed by atoms with Gasteiger partial charge in [0.1, 0.15) is 0 Å². The summed E-state index contributed by atoms with van der Waals surface area (Å²) in [6.45, 7) is 11.9. The summed E-state index contributed by atoms with van der Waals surface area (Å²) < 4.78 is 14.6. The summed E-state index contributed by atoms with van der Waals surface area (Å²) in [5, 5.41) is 5.70. The topological polar surface area (TPSA) is 29.1 Å². The molecule has 0 aromatic heterocycles. The Bertz CT molecular complexity index is 1050. The average molecular weight is 490 g/mol. The third kappa shape index (κ3) is 6.92. The highest BCUT2D eigenvalue weighted by atomic mass is 31.2. The van der Waals surface area contributed by atoms with E-state index in [4.69, 9.17) is 0 Å². The molecule has 3 rings (SSSR count). The van der Waals surface area contributed by atoms with Crippen LogP contribution in [0.2, 0.25) is 18.1 Å². The summed E-state index contributed by atoms with van der Waals surface area (Å²) in [6, 6.07) is 30.5. The van der Waals surface area contributed by atoms with Crippen LogP contribution in [0.4, 0.5) is 0 Å². The fraction of sp³-hybridized carbons (Fsp3) is 0.333. The van der Waals surface area contributed by atoms with E-state index < -0.39 is 15.4 Å². The molecule has 0 spiro atoms. The molecule has 0 aliphatic rings. The van der Waals surface area contributed by atoms with Gasteiger partial charge in [0.05, 0.1) is 8.07 Å². The van der Waals surface area contributed by atoms with Crippen molar-refractivity contribution in [3.8, 4) is 0 Å². The standard InChI is InChI=1S/C30H40NOPSi/c1-30(2,3)34(4,5)25-15-18-27(24-23-26-16-9-6-10-17-26)31-33(32,28-19-11-7-12-20-28)29-21-13-8-14-22-29/h6-17,19-22,25,27H,18,23-24H2,1-5H3,(H,31,32)/b25-15+. The minimum absolute atomic E-state index is 0.104. The molecular formula is C30H40NOPSi. The molecule has 1 N–H and O–H groups in total. The maximum atomic E-state index is 14.6. The van der Waals surface area contributed by atoms with Gasteiger partial charge in [0.25, 0.3) is 0 Å². The molecule has 2 nitrogen and oxygen atoms in total. The van der Waals surface area contributed by atoms with Crippen LogP contribution in [0.1, 0.15) is 39.2 Å². The molecular weight excluding hydrogens is 449 g/mol. The first-order chi connectivity index (χ1) is 16.1. The zero-order valence-corrected chi connectivity index (χ0v) is 23.3. The van der Waals surface area contributed by atoms with Crippen LogP contribution in [0.5, 0.6) is 0 Å². The second-order valence-electron chi connectivity index (χ2n) is 10.7. The van der Waals surface area contributed by atoms with Gasteiger partial charge in [-0.2, -0.15) is 0 Å². The molecule has 0 fully saturated rings. The molecule has 1 unspecified atom stereocenters. The van der Waals surface area contributed by atoms with Crippen molar-refractivity contribution in [2.45, 2.75) is 64.2 Å². The van der Waals surface area contributed by atoms with Crippen LogP contribution in [0.3, 0.4) is 0 Å². The maximum Gasteiger partial charge on any atom is 0.204 e. The molecule has 1 atom stereocenters. The Labute approximate surface area is 208 Å². The molecule has 0 amide bonds. The number of aryl methyl sites for hydroxylation is 1. The first kappa shape index (κ1) is 26.4. The molecule has 0 bridgehead atoms. The first-order valence-electron chi connectivity index (χ1n) is 12.3. The second kappa shape index (κ2) is 11.5. The van der Waals surface area contributed by atoms with Gasteiger partial charge >= 0.3 is 0 Å². The van der Waals surface area contributed by atoms with Crippen molar-refractivity contribution in [1.29, 1.82) is 0 Å². The van der Waals surface area contributed by atoms with Crippen LogP contribution in [0.25, 0.3) is 0 Å². The second-order valence-corrected chi connectivity index (χ2v) is 18.5. The molecule has 0 aliphatic heterocycles. The maximum absolute atomic E-state index is 14.6. The number of nitrogens with one attached hydrogen (secondary N) is 1. The molecule has 4 heteroatoms. The highest BCUT2D eigenvalue weighted by Crippen LogP contribution is 2.40. The summed E-state index contributed by atoms with van der Waals surface area (Å²) in [5.74, 6) is 0. The molecule has 0 heterocycles. The zero-order chi connectivity index (χ0) is 24.7. The largest absolute Gasteiger partial charge is 0.297 e. The zero-order valence-electron chi connectivity index (χ0n) is 21.4. The van der Waals surface area contributed by atoms with Gasteiger partial charge in [0.15, 0.2) is 0 Å². The Kier molecular flexibility index (Phi) is 8.93. The molecule has 180 valence electrons. The predicted octanol–water partition coefficient (Wildman–Crippen LogP) is 7.50. The van der Waals surface area contributed by atoms with Crippen molar-refractivity contribution in [2.24, 2.45) is 0 Å². The van der Waals surface area contributed by atoms with E-state index in [1.165, 1.54) is 5.56 Å². The predicted molar refractivity (Wildman–Crippen MR) is 152 cm³/mol. The van der Waals surface area contributed by atoms with E-state index in [2.05, 4.69) is 81.1 Å². The lowest BCUT2D eigenvalue weighted by molar-refractivity contribution is 0.536. The van der Waals surface area contributed by atoms with Crippen molar-refractivity contribution in [3.63, 3.8) is 0 Å². The minimum Gasteiger partial charge on any atom is -0.297 e. The summed E-state index contributed by atoms with van der Waals surface area (Å²) in [4.78, 5) is 0. The van der Waals surface area contributed by atoms with Crippen molar-refractivity contribution in [1.82, 2.24) is 5.09 Å². The van der Waals surface area contributed by atoms with E-state index in [1.807, 2.05) is 60.7 Å². The fourth-order valence-corrected chi connectivity index (χ4v) is 7.58. The summed E-state index contributed by atoms with van der Waals surface area (Å²) in [6.07, 6.45) is 5.09. The summed E-state index contributed by atoms with van der Waals surface area (Å²) in [7, 11) is -4.51. The smallest absolute Gasteiger partial charge is 0.204 e. The Morgan fingerprint density at radius 1 is 0.824 bits per heavy atom. The molecule has 3 aromatic carbocycles. The Morgan fingerprint density at radius 3 is 1.76 bits per heavy atom. The van der Waals surface area contributed by atoms with E-state index in [-0.39, 0.29) is 6.04 Å². The van der Waals surface area contributed by atoms with Gasteiger partial charge in [0.2, 0.25) is 7.29 Å². The van der Waals surface area contributed by atoms with E-state index in [0.717, 1.165) is 29.9 Å². The number of hydrogen-bond donors (Lipinski definition) is 1. The highest BCUT2D eigenvalue weighted by molar-refractivity contribution is 7.76. The molecule has 0 radical (unpaired) electrons. The van der Waals surface area contributed by atoms with E-state index >= 15 is 0 Å². The monoisotopic (exact) mass is 489 g/mol. The van der Waals surface area contributed by atoms with E-state index in [9.17, 15) is 4.57 Å². The van der Waals surface area contributed by atoms with Crippen LogP contribution in [0.15, 0.2) is 103 Å². The van der Waals surface area contributed by atoms with Crippen molar-refractivity contribution in [3.05, 3.63) is 108 Å². The fourth-order valence-electron chi connectivity index (χ4n) is 3.83. The highest BCUT2D eigenvalue weighted by Gasteiger charge is 2.33. The molecule has 0 saturated carbocycles. The third-order valence-electron chi connectivity index (χ3n) is 7.12. The SMILES string of the molecule is CC(C)(C)[Si](C)(C)/C=C/CC(CCc1ccccc1)NP(=O)(c1ccccc1)c1ccccc1. The van der Waals surface area contributed by atoms with Crippen molar-refractivity contribution >= 4 is 26.0 Å². The number of rotatable bonds is 10. The van der Waals surface area contributed by atoms with Crippen LogP contribution >= 0.6 is 7.29 Å². The normalized spacial score (nSPS) is 13.8. The Balaban J connectivity index is 1.90. The first-order valence-corrected chi connectivity index (χ1v) is 17.1. The quantitative estimate of drug-likeness (QED) is 0.236. The molecule has 34 heavy (non-hydrogen) atoms. The van der Waals surface area contributed by atoms with Gasteiger partial charge in [-0.05, 0) is 54.1 Å². The lowest BCUT2D eigenvalue weighted by Gasteiger charge is -2.34. The summed E-state index contributed by atoms with van der Waals surface area (Å²) >= 11 is 0. The Morgan fingerprint density at radius 2 is 1.29 bits per heavy atom. The van der Waals surface area contributed by atoms with Crippen LogP contribution in [0, 0.1) is 0 Å². The van der Waals surface area contributed by atoms with E-state index in [1.54, 1.807) is 0 Å². The summed E-state index contributed by atoms with van der Waals surface area (Å²) in [5.41, 5.74) is 3.79. The van der Waals surface area contributed by atoms with Gasteiger partial charge in [-0.15, -0.1) is 0 Å². The van der Waals surface area contributed by atoms with Crippen molar-refractivity contribution in [2.75, 3.05) is 0 Å². The average Bonchev–Trinajstić information content (AvgIpc) is 2.83. The van der Waals surface area contributed by atoms with Gasteiger partial charge < -0.3 is 0 Å². The third-order valence-corrected chi connectivity index (χ3v) is 14.8. The Hall–Kier alpha value is -2.19. The van der Waals surface area contributed by atoms with Gasteiger partial charge in [0, 0.05) is 16.7 Å². The molecule has 0 aliphatic carbocycles. The molecule has 3 aromatic rings. The van der Waals surface area contributed by atoms with Gasteiger partial charge in [-0.25, -0.2) is 0 Å². The van der Waals surface area contributed by atoms with Crippen LogP contribution in [-0.2, 0) is 11.0 Å². The van der Waals surface area contributed by atoms with E-state index in [0.29, 0.717) is 5.04 Å². The lowest BCUT2D eigenvalue weighted by atomic mass is 10.0. The molecule has 0 saturated heterocycles. The van der Waals surface area contributed by atoms with Crippen LogP contribution < -0.4 is 15.7 Å². The number of benzene rings is 3. The van der Waals surface area contributed by atoms with Crippen LogP contribution in [-0.4, -0.2) is 14.1 Å². The van der Waals surface area contributed by atoms with Crippen molar-refractivity contribution < 1.29 is 4.57 Å². The lowest BCUT2D eigenvalue weighted by Crippen LogP contribution is -2.36. The van der Waals surface area contributed by atoms with Gasteiger partial charge in [-0.1, -0.05) is 112 Å².